The van der Waals surface area contributed by atoms with Crippen molar-refractivity contribution in [1.82, 2.24) is 6.15 Å². The quantitative estimate of drug-likeness (QED) is 0.282. The first-order chi connectivity index (χ1) is 13.1. The van der Waals surface area contributed by atoms with Crippen molar-refractivity contribution in [3.8, 4) is 5.75 Å². The van der Waals surface area contributed by atoms with Gasteiger partial charge in [-0.05, 0) is 24.6 Å². The molecular formula is C18H23F3N2O6S. The highest BCUT2D eigenvalue weighted by atomic mass is 32.2. The molecule has 0 bridgehead atoms. The zero-order chi connectivity index (χ0) is 22.3. The number of nitro groups is 1. The summed E-state index contributed by atoms with van der Waals surface area (Å²) < 4.78 is 78.3. The predicted octanol–water partition coefficient (Wildman–Crippen LogP) is 4.41. The van der Waals surface area contributed by atoms with E-state index in [0.717, 1.165) is 30.4 Å². The van der Waals surface area contributed by atoms with Gasteiger partial charge in [0.05, 0.1) is 10.5 Å². The number of para-hydroxylation sites is 1. The van der Waals surface area contributed by atoms with Crippen LogP contribution in [0.15, 0.2) is 48.2 Å². The maximum Gasteiger partial charge on any atom is 0.419 e. The molecule has 0 spiro atoms. The molecule has 2 rings (SSSR count). The molecule has 0 radical (unpaired) electrons. The minimum Gasteiger partial charge on any atom is -0.478 e. The standard InChI is InChI=1S/C18H20F3NO6S.H3N/c1-4-16(2,3)17(28-14-8-6-5-7-12(14)18(19,20)21)10-9-15(29(25,26)27)13(11-17)22(23)24;/h5-11,15H,4H2,1-3H3,(H,25,26,27);1H3. The fourth-order valence-corrected chi connectivity index (χ4v) is 3.69. The molecule has 0 heterocycles. The zero-order valence-electron chi connectivity index (χ0n) is 16.5. The van der Waals surface area contributed by atoms with Gasteiger partial charge in [-0.3, -0.25) is 14.7 Å². The average Bonchev–Trinajstić information content (AvgIpc) is 2.60. The summed E-state index contributed by atoms with van der Waals surface area (Å²) in [6.45, 7) is 4.95. The number of alkyl halides is 3. The van der Waals surface area contributed by atoms with Crippen LogP contribution in [-0.4, -0.2) is 28.7 Å². The van der Waals surface area contributed by atoms with Crippen LogP contribution in [0.3, 0.4) is 0 Å². The third kappa shape index (κ3) is 4.82. The summed E-state index contributed by atoms with van der Waals surface area (Å²) >= 11 is 0. The average molecular weight is 452 g/mol. The topological polar surface area (TPSA) is 142 Å². The van der Waals surface area contributed by atoms with E-state index in [-0.39, 0.29) is 6.15 Å². The van der Waals surface area contributed by atoms with Gasteiger partial charge < -0.3 is 10.9 Å². The van der Waals surface area contributed by atoms with Crippen LogP contribution in [0.25, 0.3) is 0 Å². The predicted molar refractivity (Wildman–Crippen MR) is 103 cm³/mol. The van der Waals surface area contributed by atoms with E-state index in [0.29, 0.717) is 6.42 Å². The molecule has 0 saturated carbocycles. The molecular weight excluding hydrogens is 429 g/mol. The summed E-state index contributed by atoms with van der Waals surface area (Å²) in [6.07, 6.45) is -1.54. The first-order valence-electron chi connectivity index (χ1n) is 8.52. The highest BCUT2D eigenvalue weighted by Gasteiger charge is 2.51. The molecule has 2 atom stereocenters. The Morgan fingerprint density at radius 2 is 1.83 bits per heavy atom. The van der Waals surface area contributed by atoms with Gasteiger partial charge in [0.25, 0.3) is 15.8 Å². The van der Waals surface area contributed by atoms with E-state index in [1.165, 1.54) is 12.1 Å². The normalized spacial score (nSPS) is 22.1. The largest absolute Gasteiger partial charge is 0.478 e. The second kappa shape index (κ2) is 8.36. The van der Waals surface area contributed by atoms with Crippen molar-refractivity contribution in [2.24, 2.45) is 5.41 Å². The Hall–Kier alpha value is -2.44. The second-order valence-corrected chi connectivity index (χ2v) is 8.79. The molecule has 8 nitrogen and oxygen atoms in total. The lowest BCUT2D eigenvalue weighted by atomic mass is 9.70. The smallest absolute Gasteiger partial charge is 0.419 e. The number of rotatable bonds is 6. The van der Waals surface area contributed by atoms with Gasteiger partial charge in [0.2, 0.25) is 0 Å². The lowest BCUT2D eigenvalue weighted by Crippen LogP contribution is -2.50. The molecule has 168 valence electrons. The minimum atomic E-state index is -4.86. The lowest BCUT2D eigenvalue weighted by molar-refractivity contribution is -0.427. The van der Waals surface area contributed by atoms with Crippen LogP contribution in [-0.2, 0) is 16.3 Å². The van der Waals surface area contributed by atoms with Crippen LogP contribution >= 0.6 is 0 Å². The van der Waals surface area contributed by atoms with Crippen molar-refractivity contribution in [2.45, 2.75) is 44.2 Å². The third-order valence-corrected chi connectivity index (χ3v) is 6.16. The highest BCUT2D eigenvalue weighted by Crippen LogP contribution is 2.46. The van der Waals surface area contributed by atoms with Crippen molar-refractivity contribution in [3.63, 3.8) is 0 Å². The molecule has 0 saturated heterocycles. The number of hydrogen-bond donors (Lipinski definition) is 2. The Morgan fingerprint density at radius 1 is 1.27 bits per heavy atom. The summed E-state index contributed by atoms with van der Waals surface area (Å²) in [4.78, 5) is 10.5. The first kappa shape index (κ1) is 25.6. The van der Waals surface area contributed by atoms with E-state index < -0.39 is 54.5 Å². The van der Waals surface area contributed by atoms with Gasteiger partial charge in [-0.25, -0.2) is 0 Å². The maximum absolute atomic E-state index is 13.4. The Balaban J connectivity index is 0.00000450. The van der Waals surface area contributed by atoms with Gasteiger partial charge in [0.15, 0.2) is 10.9 Å². The SMILES string of the molecule is CCC(C)(C)C1(Oc2ccccc2C(F)(F)F)C=CC(S(=O)(=O)O)C([N+](=O)[O-])=C1.N. The van der Waals surface area contributed by atoms with E-state index in [1.807, 2.05) is 0 Å². The summed E-state index contributed by atoms with van der Waals surface area (Å²) in [6, 6.07) is 4.39. The van der Waals surface area contributed by atoms with E-state index in [4.69, 9.17) is 4.74 Å². The maximum atomic E-state index is 13.4. The molecule has 1 aliphatic rings. The summed E-state index contributed by atoms with van der Waals surface area (Å²) in [5.41, 5.74) is -4.73. The fourth-order valence-electron chi connectivity index (χ4n) is 2.96. The van der Waals surface area contributed by atoms with Crippen molar-refractivity contribution >= 4 is 10.1 Å². The Morgan fingerprint density at radius 3 is 2.30 bits per heavy atom. The molecule has 0 amide bonds. The van der Waals surface area contributed by atoms with Gasteiger partial charge in [-0.2, -0.15) is 21.6 Å². The fraction of sp³-hybridized carbons (Fsp3) is 0.444. The van der Waals surface area contributed by atoms with E-state index >= 15 is 0 Å². The molecule has 0 fully saturated rings. The number of halogens is 3. The molecule has 2 unspecified atom stereocenters. The molecule has 1 aliphatic carbocycles. The number of nitrogens with zero attached hydrogens (tertiary/aromatic N) is 1. The Labute approximate surface area is 171 Å². The van der Waals surface area contributed by atoms with E-state index in [1.54, 1.807) is 20.8 Å². The number of hydrogen-bond acceptors (Lipinski definition) is 6. The van der Waals surface area contributed by atoms with Crippen LogP contribution in [0.2, 0.25) is 0 Å². The Kier molecular flexibility index (Phi) is 7.13. The minimum absolute atomic E-state index is 0. The van der Waals surface area contributed by atoms with Gasteiger partial charge in [0, 0.05) is 11.5 Å². The molecule has 12 heteroatoms. The van der Waals surface area contributed by atoms with Gasteiger partial charge >= 0.3 is 6.18 Å². The molecule has 1 aromatic carbocycles. The van der Waals surface area contributed by atoms with Crippen LogP contribution in [0, 0.1) is 15.5 Å². The highest BCUT2D eigenvalue weighted by molar-refractivity contribution is 7.86. The lowest BCUT2D eigenvalue weighted by Gasteiger charge is -2.44. The van der Waals surface area contributed by atoms with Crippen LogP contribution in [0.1, 0.15) is 32.8 Å². The van der Waals surface area contributed by atoms with Gasteiger partial charge in [-0.15, -0.1) is 0 Å². The number of benzene rings is 1. The van der Waals surface area contributed by atoms with Crippen molar-refractivity contribution in [2.75, 3.05) is 0 Å². The van der Waals surface area contributed by atoms with Crippen LogP contribution < -0.4 is 10.9 Å². The van der Waals surface area contributed by atoms with Gasteiger partial charge in [-0.1, -0.05) is 39.0 Å². The molecule has 4 N–H and O–H groups in total. The summed E-state index contributed by atoms with van der Waals surface area (Å²) in [5.74, 6) is -0.560. The third-order valence-electron chi connectivity index (χ3n) is 5.12. The number of ether oxygens (including phenoxy) is 1. The summed E-state index contributed by atoms with van der Waals surface area (Å²) in [5, 5.41) is 9.53. The van der Waals surface area contributed by atoms with Crippen molar-refractivity contribution < 1.29 is 35.8 Å². The monoisotopic (exact) mass is 452 g/mol. The van der Waals surface area contributed by atoms with E-state index in [9.17, 15) is 36.3 Å². The van der Waals surface area contributed by atoms with Crippen LogP contribution in [0.5, 0.6) is 5.75 Å². The van der Waals surface area contributed by atoms with E-state index in [2.05, 4.69) is 0 Å². The zero-order valence-corrected chi connectivity index (χ0v) is 17.3. The molecule has 30 heavy (non-hydrogen) atoms. The first-order valence-corrected chi connectivity index (χ1v) is 10.0. The Bertz CT molecular complexity index is 972. The molecule has 0 aliphatic heterocycles. The second-order valence-electron chi connectivity index (χ2n) is 7.25. The van der Waals surface area contributed by atoms with Crippen LogP contribution in [0.4, 0.5) is 13.2 Å². The molecule has 1 aromatic rings. The van der Waals surface area contributed by atoms with Gasteiger partial charge in [0.1, 0.15) is 5.75 Å². The molecule has 0 aromatic heterocycles. The summed E-state index contributed by atoms with van der Waals surface area (Å²) in [7, 11) is -4.86. The van der Waals surface area contributed by atoms with Crippen molar-refractivity contribution in [1.29, 1.82) is 0 Å². The van der Waals surface area contributed by atoms with Crippen molar-refractivity contribution in [3.05, 3.63) is 63.9 Å².